The van der Waals surface area contributed by atoms with Crippen LogP contribution in [0.15, 0.2) is 65.7 Å². The average molecular weight is 618 g/mol. The van der Waals surface area contributed by atoms with Crippen LogP contribution in [0.2, 0.25) is 0 Å². The monoisotopic (exact) mass is 617 g/mol. The Labute approximate surface area is 258 Å². The molecule has 4 aromatic rings. The molecule has 1 amide bonds. The first kappa shape index (κ1) is 30.3. The van der Waals surface area contributed by atoms with E-state index in [9.17, 15) is 13.2 Å². The lowest BCUT2D eigenvalue weighted by molar-refractivity contribution is -0.136. The highest BCUT2D eigenvalue weighted by molar-refractivity contribution is 7.89. The molecular weight excluding hydrogens is 578 g/mol. The van der Waals surface area contributed by atoms with E-state index < -0.39 is 22.0 Å². The molecule has 2 aromatic carbocycles. The molecule has 2 fully saturated rings. The van der Waals surface area contributed by atoms with Crippen LogP contribution < -0.4 is 5.73 Å². The number of nitrogens with zero attached hydrogens (tertiary/aromatic N) is 6. The highest BCUT2D eigenvalue weighted by Crippen LogP contribution is 2.32. The Morgan fingerprint density at radius 3 is 2.73 bits per heavy atom. The second-order valence-electron chi connectivity index (χ2n) is 11.7. The van der Waals surface area contributed by atoms with Gasteiger partial charge in [0, 0.05) is 70.2 Å². The van der Waals surface area contributed by atoms with Gasteiger partial charge in [-0.05, 0) is 56.5 Å². The Hall–Kier alpha value is -3.71. The van der Waals surface area contributed by atoms with Crippen molar-refractivity contribution >= 4 is 27.0 Å². The number of fused-ring (bicyclic) bond motifs is 1. The number of likely N-dealkylation sites (tertiary alicyclic amines) is 1. The summed E-state index contributed by atoms with van der Waals surface area (Å²) in [4.78, 5) is 29.5. The van der Waals surface area contributed by atoms with Crippen LogP contribution in [0.25, 0.3) is 22.3 Å². The minimum Gasteiger partial charge on any atom is -0.385 e. The van der Waals surface area contributed by atoms with E-state index in [4.69, 9.17) is 15.5 Å². The summed E-state index contributed by atoms with van der Waals surface area (Å²) in [5.41, 5.74) is 9.83. The maximum atomic E-state index is 13.9. The number of carbonyl (C=O) groups is 1. The van der Waals surface area contributed by atoms with Gasteiger partial charge in [-0.15, -0.1) is 0 Å². The zero-order valence-electron chi connectivity index (χ0n) is 25.2. The number of hydrogen-bond donors (Lipinski definition) is 1. The number of para-hydroxylation sites is 2. The Morgan fingerprint density at radius 2 is 1.91 bits per heavy atom. The van der Waals surface area contributed by atoms with Crippen molar-refractivity contribution in [2.45, 2.75) is 49.6 Å². The van der Waals surface area contributed by atoms with Crippen LogP contribution in [-0.4, -0.2) is 89.0 Å². The number of rotatable bonds is 9. The molecule has 0 bridgehead atoms. The molecule has 0 spiro atoms. The SMILES string of the molecule is COCCCn1c(C2CCCN(C(=O)[C@@H]3CN(S(=O)(=O)c4cccc(-c5ccnc(C)n5)c4)C[C@H]3N)C2)nc2ccccc21. The fourth-order valence-electron chi connectivity index (χ4n) is 6.46. The number of piperidine rings is 1. The van der Waals surface area contributed by atoms with Gasteiger partial charge in [0.1, 0.15) is 11.6 Å². The number of hydrogen-bond acceptors (Lipinski definition) is 8. The van der Waals surface area contributed by atoms with Crippen molar-refractivity contribution in [2.24, 2.45) is 11.7 Å². The van der Waals surface area contributed by atoms with Gasteiger partial charge < -0.3 is 19.9 Å². The van der Waals surface area contributed by atoms with Crippen LogP contribution in [0.4, 0.5) is 0 Å². The minimum atomic E-state index is -3.88. The number of aryl methyl sites for hydroxylation is 2. The maximum absolute atomic E-state index is 13.9. The summed E-state index contributed by atoms with van der Waals surface area (Å²) in [6.45, 7) is 4.52. The number of methoxy groups -OCH3 is 1. The zero-order chi connectivity index (χ0) is 30.8. The second-order valence-corrected chi connectivity index (χ2v) is 13.6. The number of nitrogens with two attached hydrogens (primary N) is 1. The molecule has 6 rings (SSSR count). The van der Waals surface area contributed by atoms with Gasteiger partial charge in [-0.25, -0.2) is 23.4 Å². The molecule has 0 aliphatic carbocycles. The van der Waals surface area contributed by atoms with Crippen molar-refractivity contribution in [3.05, 3.63) is 72.4 Å². The number of benzene rings is 2. The summed E-state index contributed by atoms with van der Waals surface area (Å²) in [6.07, 6.45) is 4.28. The Balaban J connectivity index is 1.18. The van der Waals surface area contributed by atoms with Gasteiger partial charge in [-0.1, -0.05) is 24.3 Å². The number of imidazole rings is 1. The molecule has 232 valence electrons. The molecule has 1 unspecified atom stereocenters. The van der Waals surface area contributed by atoms with Crippen molar-refractivity contribution in [1.29, 1.82) is 0 Å². The fraction of sp³-hybridized carbons (Fsp3) is 0.438. The van der Waals surface area contributed by atoms with Crippen LogP contribution in [0.3, 0.4) is 0 Å². The van der Waals surface area contributed by atoms with E-state index in [1.165, 1.54) is 4.31 Å². The minimum absolute atomic E-state index is 0.0515. The molecule has 2 aliphatic rings. The van der Waals surface area contributed by atoms with E-state index in [0.717, 1.165) is 42.7 Å². The first-order chi connectivity index (χ1) is 21.3. The second kappa shape index (κ2) is 12.7. The lowest BCUT2D eigenvalue weighted by Crippen LogP contribution is -2.47. The van der Waals surface area contributed by atoms with Gasteiger partial charge in [0.2, 0.25) is 15.9 Å². The highest BCUT2D eigenvalue weighted by atomic mass is 32.2. The summed E-state index contributed by atoms with van der Waals surface area (Å²) in [5, 5.41) is 0. The van der Waals surface area contributed by atoms with Gasteiger partial charge in [-0.2, -0.15) is 4.31 Å². The van der Waals surface area contributed by atoms with Crippen LogP contribution in [0.5, 0.6) is 0 Å². The summed E-state index contributed by atoms with van der Waals surface area (Å²) in [6, 6.07) is 16.0. The molecule has 2 aromatic heterocycles. The summed E-state index contributed by atoms with van der Waals surface area (Å²) >= 11 is 0. The first-order valence-electron chi connectivity index (χ1n) is 15.1. The van der Waals surface area contributed by atoms with Gasteiger partial charge in [0.25, 0.3) is 0 Å². The number of amides is 1. The average Bonchev–Trinajstić information content (AvgIpc) is 3.62. The third-order valence-corrected chi connectivity index (χ3v) is 10.5. The Morgan fingerprint density at radius 1 is 1.07 bits per heavy atom. The maximum Gasteiger partial charge on any atom is 0.243 e. The van der Waals surface area contributed by atoms with E-state index >= 15 is 0 Å². The largest absolute Gasteiger partial charge is 0.385 e. The topological polar surface area (TPSA) is 137 Å². The van der Waals surface area contributed by atoms with Crippen molar-refractivity contribution in [3.8, 4) is 11.3 Å². The summed E-state index contributed by atoms with van der Waals surface area (Å²) < 4.78 is 36.4. The van der Waals surface area contributed by atoms with Gasteiger partial charge in [0.05, 0.1) is 27.5 Å². The van der Waals surface area contributed by atoms with Gasteiger partial charge in [0.15, 0.2) is 0 Å². The third kappa shape index (κ3) is 5.99. The summed E-state index contributed by atoms with van der Waals surface area (Å²) in [7, 11) is -2.18. The summed E-state index contributed by atoms with van der Waals surface area (Å²) in [5.74, 6) is 0.960. The number of aromatic nitrogens is 4. The predicted octanol–water partition coefficient (Wildman–Crippen LogP) is 3.19. The zero-order valence-corrected chi connectivity index (χ0v) is 26.0. The fourth-order valence-corrected chi connectivity index (χ4v) is 8.01. The molecule has 2 saturated heterocycles. The third-order valence-electron chi connectivity index (χ3n) is 8.70. The van der Waals surface area contributed by atoms with Crippen molar-refractivity contribution < 1.29 is 17.9 Å². The molecule has 0 saturated carbocycles. The van der Waals surface area contributed by atoms with Crippen molar-refractivity contribution in [3.63, 3.8) is 0 Å². The standard InChI is InChI=1S/C32H39N7O4S/c1-22-34-14-13-28(35-22)23-8-5-10-25(18-23)44(41,42)38-20-26(27(33)21-38)32(40)37-15-6-9-24(19-37)31-36-29-11-3-4-12-30(29)39(31)16-7-17-43-2/h3-5,8,10-14,18,24,26-27H,6-7,9,15-17,19-21,33H2,1-2H3/t24?,26-,27-/m1/s1. The quantitative estimate of drug-likeness (QED) is 0.283. The van der Waals surface area contributed by atoms with E-state index in [2.05, 4.69) is 20.6 Å². The normalized spacial score (nSPS) is 21.2. The Kier molecular flexibility index (Phi) is 8.77. The van der Waals surface area contributed by atoms with Gasteiger partial charge >= 0.3 is 0 Å². The Bertz CT molecular complexity index is 1760. The molecular formula is C32H39N7O4S. The van der Waals surface area contributed by atoms with E-state index in [0.29, 0.717) is 36.8 Å². The highest BCUT2D eigenvalue weighted by Gasteiger charge is 2.43. The van der Waals surface area contributed by atoms with E-state index in [1.807, 2.05) is 29.2 Å². The molecule has 3 atom stereocenters. The van der Waals surface area contributed by atoms with Crippen LogP contribution in [0.1, 0.15) is 36.8 Å². The molecule has 2 N–H and O–H groups in total. The van der Waals surface area contributed by atoms with E-state index in [1.54, 1.807) is 44.5 Å². The lowest BCUT2D eigenvalue weighted by atomic mass is 9.94. The lowest BCUT2D eigenvalue weighted by Gasteiger charge is -2.35. The van der Waals surface area contributed by atoms with E-state index in [-0.39, 0.29) is 29.8 Å². The molecule has 44 heavy (non-hydrogen) atoms. The van der Waals surface area contributed by atoms with Crippen LogP contribution >= 0.6 is 0 Å². The van der Waals surface area contributed by atoms with Crippen LogP contribution in [0, 0.1) is 12.8 Å². The van der Waals surface area contributed by atoms with Crippen LogP contribution in [-0.2, 0) is 26.1 Å². The predicted molar refractivity (Wildman–Crippen MR) is 167 cm³/mol. The van der Waals surface area contributed by atoms with Crippen molar-refractivity contribution in [2.75, 3.05) is 39.9 Å². The van der Waals surface area contributed by atoms with Gasteiger partial charge in [-0.3, -0.25) is 4.79 Å². The molecule has 11 nitrogen and oxygen atoms in total. The first-order valence-corrected chi connectivity index (χ1v) is 16.6. The van der Waals surface area contributed by atoms with Crippen molar-refractivity contribution in [1.82, 2.24) is 28.7 Å². The smallest absolute Gasteiger partial charge is 0.243 e. The number of carbonyl (C=O) groups excluding carboxylic acids is 1. The molecule has 0 radical (unpaired) electrons. The molecule has 4 heterocycles. The number of sulfonamides is 1. The molecule has 12 heteroatoms. The number of ether oxygens (including phenoxy) is 1. The molecule has 2 aliphatic heterocycles.